The predicted octanol–water partition coefficient (Wildman–Crippen LogP) is 1.95. The van der Waals surface area contributed by atoms with Crippen molar-refractivity contribution in [3.8, 4) is 0 Å². The van der Waals surface area contributed by atoms with Crippen molar-refractivity contribution in [1.29, 1.82) is 0 Å². The number of hydrogen-bond acceptors (Lipinski definition) is 3. The second-order valence-corrected chi connectivity index (χ2v) is 5.87. The zero-order valence-corrected chi connectivity index (χ0v) is 12.0. The molecule has 0 heterocycles. The highest BCUT2D eigenvalue weighted by Gasteiger charge is 2.31. The Balaban J connectivity index is 2.25. The van der Waals surface area contributed by atoms with E-state index in [-0.39, 0.29) is 0 Å². The summed E-state index contributed by atoms with van der Waals surface area (Å²) >= 11 is 0. The summed E-state index contributed by atoms with van der Waals surface area (Å²) in [5.41, 5.74) is -0.767. The molecular weight excluding hydrogens is 228 g/mol. The number of carboxylic acid groups (broad SMARTS) is 1. The van der Waals surface area contributed by atoms with Crippen LogP contribution in [-0.2, 0) is 4.79 Å². The van der Waals surface area contributed by atoms with E-state index in [4.69, 9.17) is 0 Å². The summed E-state index contributed by atoms with van der Waals surface area (Å²) in [6.07, 6.45) is 5.33. The molecular formula is C14H28N2O2. The van der Waals surface area contributed by atoms with E-state index in [2.05, 4.69) is 24.2 Å². The van der Waals surface area contributed by atoms with Crippen LogP contribution in [0.2, 0.25) is 0 Å². The number of nitrogens with zero attached hydrogens (tertiary/aromatic N) is 1. The summed E-state index contributed by atoms with van der Waals surface area (Å²) in [6, 6.07) is 0. The molecule has 0 aromatic heterocycles. The molecule has 1 aliphatic carbocycles. The highest BCUT2D eigenvalue weighted by Crippen LogP contribution is 2.29. The van der Waals surface area contributed by atoms with Crippen molar-refractivity contribution in [1.82, 2.24) is 10.2 Å². The van der Waals surface area contributed by atoms with Crippen LogP contribution < -0.4 is 5.32 Å². The standard InChI is InChI=1S/C14H28N2O2/c1-4-9-15-14(2,13(17)18)8-5-10-16(3)11-12-6-7-12/h12,15H,4-11H2,1-3H3,(H,17,18). The molecule has 0 radical (unpaired) electrons. The Bertz CT molecular complexity index is 267. The smallest absolute Gasteiger partial charge is 0.323 e. The predicted molar refractivity (Wildman–Crippen MR) is 73.8 cm³/mol. The zero-order chi connectivity index (χ0) is 13.6. The molecule has 0 aromatic rings. The minimum Gasteiger partial charge on any atom is -0.480 e. The van der Waals surface area contributed by atoms with Crippen LogP contribution in [0.4, 0.5) is 0 Å². The van der Waals surface area contributed by atoms with E-state index in [1.54, 1.807) is 6.92 Å². The van der Waals surface area contributed by atoms with E-state index in [0.717, 1.165) is 31.8 Å². The molecule has 0 amide bonds. The van der Waals surface area contributed by atoms with Gasteiger partial charge < -0.3 is 15.3 Å². The van der Waals surface area contributed by atoms with Gasteiger partial charge in [-0.3, -0.25) is 4.79 Å². The Labute approximate surface area is 111 Å². The number of rotatable bonds is 10. The van der Waals surface area contributed by atoms with Gasteiger partial charge >= 0.3 is 5.97 Å². The normalized spacial score (nSPS) is 18.9. The third-order valence-corrected chi connectivity index (χ3v) is 3.72. The van der Waals surface area contributed by atoms with Crippen molar-refractivity contribution in [3.63, 3.8) is 0 Å². The molecule has 4 heteroatoms. The molecule has 1 atom stereocenters. The minimum atomic E-state index is -0.767. The van der Waals surface area contributed by atoms with E-state index in [1.807, 2.05) is 0 Å². The lowest BCUT2D eigenvalue weighted by Crippen LogP contribution is -2.50. The SMILES string of the molecule is CCCNC(C)(CCCN(C)CC1CC1)C(=O)O. The maximum atomic E-state index is 11.3. The Morgan fingerprint density at radius 1 is 1.50 bits per heavy atom. The van der Waals surface area contributed by atoms with Crippen LogP contribution >= 0.6 is 0 Å². The first-order valence-electron chi connectivity index (χ1n) is 7.15. The molecule has 0 aromatic carbocycles. The molecule has 4 nitrogen and oxygen atoms in total. The van der Waals surface area contributed by atoms with Crippen LogP contribution in [-0.4, -0.2) is 48.2 Å². The van der Waals surface area contributed by atoms with Crippen LogP contribution in [0.5, 0.6) is 0 Å². The number of aliphatic carboxylic acids is 1. The number of carbonyl (C=O) groups is 1. The van der Waals surface area contributed by atoms with Gasteiger partial charge in [0.15, 0.2) is 0 Å². The Kier molecular flexibility index (Phi) is 6.09. The molecule has 1 fully saturated rings. The molecule has 1 rings (SSSR count). The van der Waals surface area contributed by atoms with Crippen LogP contribution in [0.1, 0.15) is 46.0 Å². The van der Waals surface area contributed by atoms with E-state index in [1.165, 1.54) is 19.4 Å². The van der Waals surface area contributed by atoms with Gasteiger partial charge in [0.05, 0.1) is 0 Å². The topological polar surface area (TPSA) is 52.6 Å². The van der Waals surface area contributed by atoms with E-state index in [0.29, 0.717) is 6.42 Å². The molecule has 0 aliphatic heterocycles. The van der Waals surface area contributed by atoms with Crippen LogP contribution in [0.25, 0.3) is 0 Å². The van der Waals surface area contributed by atoms with Crippen molar-refractivity contribution in [2.24, 2.45) is 5.92 Å². The van der Waals surface area contributed by atoms with Crippen molar-refractivity contribution < 1.29 is 9.90 Å². The quantitative estimate of drug-likeness (QED) is 0.627. The number of hydrogen-bond donors (Lipinski definition) is 2. The molecule has 0 saturated heterocycles. The summed E-state index contributed by atoms with van der Waals surface area (Å²) in [4.78, 5) is 13.6. The largest absolute Gasteiger partial charge is 0.480 e. The monoisotopic (exact) mass is 256 g/mol. The second-order valence-electron chi connectivity index (χ2n) is 5.87. The molecule has 1 unspecified atom stereocenters. The first-order valence-corrected chi connectivity index (χ1v) is 7.15. The summed E-state index contributed by atoms with van der Waals surface area (Å²) < 4.78 is 0. The average Bonchev–Trinajstić information content (AvgIpc) is 3.10. The van der Waals surface area contributed by atoms with Gasteiger partial charge in [-0.1, -0.05) is 6.92 Å². The fourth-order valence-corrected chi connectivity index (χ4v) is 2.21. The third kappa shape index (κ3) is 5.36. The fraction of sp³-hybridized carbons (Fsp3) is 0.929. The van der Waals surface area contributed by atoms with Crippen molar-refractivity contribution in [2.45, 2.75) is 51.5 Å². The van der Waals surface area contributed by atoms with Gasteiger partial charge in [-0.05, 0) is 65.1 Å². The van der Waals surface area contributed by atoms with E-state index in [9.17, 15) is 9.90 Å². The molecule has 1 aliphatic rings. The molecule has 2 N–H and O–H groups in total. The fourth-order valence-electron chi connectivity index (χ4n) is 2.21. The van der Waals surface area contributed by atoms with Gasteiger partial charge in [-0.25, -0.2) is 0 Å². The molecule has 106 valence electrons. The molecule has 0 bridgehead atoms. The lowest BCUT2D eigenvalue weighted by atomic mass is 9.95. The second kappa shape index (κ2) is 7.10. The van der Waals surface area contributed by atoms with Crippen LogP contribution in [0.15, 0.2) is 0 Å². The summed E-state index contributed by atoms with van der Waals surface area (Å²) in [5, 5.41) is 12.5. The van der Waals surface area contributed by atoms with Crippen LogP contribution in [0.3, 0.4) is 0 Å². The minimum absolute atomic E-state index is 0.692. The van der Waals surface area contributed by atoms with Gasteiger partial charge in [-0.15, -0.1) is 0 Å². The van der Waals surface area contributed by atoms with Crippen molar-refractivity contribution >= 4 is 5.97 Å². The Hall–Kier alpha value is -0.610. The molecule has 1 saturated carbocycles. The first kappa shape index (κ1) is 15.4. The maximum Gasteiger partial charge on any atom is 0.323 e. The number of nitrogens with one attached hydrogen (secondary N) is 1. The molecule has 18 heavy (non-hydrogen) atoms. The lowest BCUT2D eigenvalue weighted by Gasteiger charge is -2.27. The van der Waals surface area contributed by atoms with Gasteiger partial charge in [0, 0.05) is 6.54 Å². The highest BCUT2D eigenvalue weighted by molar-refractivity contribution is 5.78. The average molecular weight is 256 g/mol. The maximum absolute atomic E-state index is 11.3. The van der Waals surface area contributed by atoms with Gasteiger partial charge in [0.1, 0.15) is 5.54 Å². The van der Waals surface area contributed by atoms with E-state index >= 15 is 0 Å². The van der Waals surface area contributed by atoms with Gasteiger partial charge in [-0.2, -0.15) is 0 Å². The summed E-state index contributed by atoms with van der Waals surface area (Å²) in [7, 11) is 2.13. The molecule has 0 spiro atoms. The van der Waals surface area contributed by atoms with E-state index < -0.39 is 11.5 Å². The summed E-state index contributed by atoms with van der Waals surface area (Å²) in [5.74, 6) is 0.167. The highest BCUT2D eigenvalue weighted by atomic mass is 16.4. The Morgan fingerprint density at radius 3 is 2.67 bits per heavy atom. The number of carboxylic acids is 1. The summed E-state index contributed by atoms with van der Waals surface area (Å²) in [6.45, 7) is 6.78. The third-order valence-electron chi connectivity index (χ3n) is 3.72. The van der Waals surface area contributed by atoms with Crippen molar-refractivity contribution in [2.75, 3.05) is 26.7 Å². The lowest BCUT2D eigenvalue weighted by molar-refractivity contribution is -0.144. The van der Waals surface area contributed by atoms with Gasteiger partial charge in [0.25, 0.3) is 0 Å². The van der Waals surface area contributed by atoms with Crippen LogP contribution in [0, 0.1) is 5.92 Å². The van der Waals surface area contributed by atoms with Gasteiger partial charge in [0.2, 0.25) is 0 Å². The first-order chi connectivity index (χ1) is 8.48. The zero-order valence-electron chi connectivity index (χ0n) is 12.0. The van der Waals surface area contributed by atoms with Crippen molar-refractivity contribution in [3.05, 3.63) is 0 Å². The Morgan fingerprint density at radius 2 is 2.17 bits per heavy atom.